The van der Waals surface area contributed by atoms with E-state index in [0.717, 1.165) is 33.7 Å². The van der Waals surface area contributed by atoms with Gasteiger partial charge in [0.1, 0.15) is 11.5 Å². The lowest BCUT2D eigenvalue weighted by Gasteiger charge is -2.07. The molecule has 0 aliphatic carbocycles. The topological polar surface area (TPSA) is 34.2 Å². The lowest BCUT2D eigenvalue weighted by Crippen LogP contribution is -1.85. The van der Waals surface area contributed by atoms with Crippen LogP contribution >= 0.6 is 0 Å². The zero-order chi connectivity index (χ0) is 17.2. The Kier molecular flexibility index (Phi) is 3.90. The third-order valence-corrected chi connectivity index (χ3v) is 4.45. The van der Waals surface area contributed by atoms with Gasteiger partial charge in [-0.2, -0.15) is 0 Å². The van der Waals surface area contributed by atoms with E-state index >= 15 is 0 Å². The third-order valence-electron chi connectivity index (χ3n) is 4.45. The van der Waals surface area contributed by atoms with Crippen LogP contribution in [0.4, 0.5) is 0 Å². The van der Waals surface area contributed by atoms with E-state index in [9.17, 15) is 0 Å². The van der Waals surface area contributed by atoms with Crippen molar-refractivity contribution in [2.45, 2.75) is 0 Å². The highest BCUT2D eigenvalue weighted by atomic mass is 16.5. The minimum absolute atomic E-state index is 0.850. The number of H-pyrrole nitrogens is 1. The number of hydrogen-bond donors (Lipinski definition) is 1. The number of nitrogens with one attached hydrogen (secondary N) is 1. The molecular formula is C22H19NO2. The van der Waals surface area contributed by atoms with Gasteiger partial charge in [0.05, 0.1) is 19.9 Å². The molecule has 0 bridgehead atoms. The van der Waals surface area contributed by atoms with Crippen molar-refractivity contribution in [2.75, 3.05) is 14.2 Å². The van der Waals surface area contributed by atoms with Gasteiger partial charge < -0.3 is 14.5 Å². The maximum absolute atomic E-state index is 5.43. The van der Waals surface area contributed by atoms with Crippen LogP contribution in [0, 0.1) is 0 Å². The molecule has 0 fully saturated rings. The van der Waals surface area contributed by atoms with E-state index < -0.39 is 0 Å². The number of aromatic amines is 1. The zero-order valence-corrected chi connectivity index (χ0v) is 14.2. The van der Waals surface area contributed by atoms with Crippen molar-refractivity contribution in [3.8, 4) is 33.9 Å². The van der Waals surface area contributed by atoms with Crippen molar-refractivity contribution in [1.82, 2.24) is 4.98 Å². The molecule has 3 heteroatoms. The summed E-state index contributed by atoms with van der Waals surface area (Å²) in [6, 6.07) is 24.7. The van der Waals surface area contributed by atoms with Gasteiger partial charge in [-0.1, -0.05) is 30.3 Å². The summed E-state index contributed by atoms with van der Waals surface area (Å²) in [5.74, 6) is 1.70. The van der Waals surface area contributed by atoms with Crippen LogP contribution in [0.15, 0.2) is 72.8 Å². The molecular weight excluding hydrogens is 310 g/mol. The van der Waals surface area contributed by atoms with Gasteiger partial charge in [0.2, 0.25) is 0 Å². The van der Waals surface area contributed by atoms with Gasteiger partial charge >= 0.3 is 0 Å². The summed E-state index contributed by atoms with van der Waals surface area (Å²) in [4.78, 5) is 3.57. The quantitative estimate of drug-likeness (QED) is 0.535. The molecule has 3 aromatic carbocycles. The summed E-state index contributed by atoms with van der Waals surface area (Å²) in [6.45, 7) is 0. The maximum atomic E-state index is 5.43. The molecule has 0 atom stereocenters. The van der Waals surface area contributed by atoms with Gasteiger partial charge in [-0.3, -0.25) is 0 Å². The molecule has 0 saturated heterocycles. The summed E-state index contributed by atoms with van der Waals surface area (Å²) < 4.78 is 10.7. The number of methoxy groups -OCH3 is 2. The minimum Gasteiger partial charge on any atom is -0.497 e. The van der Waals surface area contributed by atoms with Crippen LogP contribution in [-0.2, 0) is 0 Å². The molecule has 0 aliphatic rings. The van der Waals surface area contributed by atoms with Crippen LogP contribution in [0.2, 0.25) is 0 Å². The highest BCUT2D eigenvalue weighted by Crippen LogP contribution is 2.39. The third kappa shape index (κ3) is 2.74. The second-order valence-electron chi connectivity index (χ2n) is 5.88. The van der Waals surface area contributed by atoms with E-state index in [2.05, 4.69) is 53.5 Å². The fraction of sp³-hybridized carbons (Fsp3) is 0.0909. The summed E-state index contributed by atoms with van der Waals surface area (Å²) >= 11 is 0. The van der Waals surface area contributed by atoms with Crippen LogP contribution in [0.1, 0.15) is 0 Å². The predicted octanol–water partition coefficient (Wildman–Crippen LogP) is 5.52. The molecule has 25 heavy (non-hydrogen) atoms. The van der Waals surface area contributed by atoms with E-state index in [4.69, 9.17) is 9.47 Å². The molecule has 1 heterocycles. The lowest BCUT2D eigenvalue weighted by molar-refractivity contribution is 0.415. The smallest absolute Gasteiger partial charge is 0.119 e. The van der Waals surface area contributed by atoms with Crippen molar-refractivity contribution in [1.29, 1.82) is 0 Å². The molecule has 1 aromatic heterocycles. The van der Waals surface area contributed by atoms with Gasteiger partial charge in [0, 0.05) is 16.5 Å². The fourth-order valence-electron chi connectivity index (χ4n) is 3.18. The average molecular weight is 329 g/mol. The van der Waals surface area contributed by atoms with Gasteiger partial charge in [-0.05, 0) is 53.6 Å². The highest BCUT2D eigenvalue weighted by molar-refractivity contribution is 6.04. The first-order chi connectivity index (χ1) is 12.3. The number of aromatic nitrogens is 1. The van der Waals surface area contributed by atoms with E-state index in [1.165, 1.54) is 11.1 Å². The number of ether oxygens (including phenoxy) is 2. The Hall–Kier alpha value is -3.20. The second kappa shape index (κ2) is 6.36. The van der Waals surface area contributed by atoms with Crippen LogP contribution in [-0.4, -0.2) is 19.2 Å². The summed E-state index contributed by atoms with van der Waals surface area (Å²) in [5, 5.41) is 1.15. The number of rotatable bonds is 4. The van der Waals surface area contributed by atoms with Crippen molar-refractivity contribution in [3.63, 3.8) is 0 Å². The SMILES string of the molecule is COc1ccc(-c2[nH]c3ccc(OC)cc3c2-c2ccccc2)cc1. The molecule has 1 N–H and O–H groups in total. The Morgan fingerprint density at radius 3 is 2.04 bits per heavy atom. The second-order valence-corrected chi connectivity index (χ2v) is 5.88. The number of benzene rings is 3. The van der Waals surface area contributed by atoms with Crippen LogP contribution in [0.25, 0.3) is 33.3 Å². The highest BCUT2D eigenvalue weighted by Gasteiger charge is 2.15. The lowest BCUT2D eigenvalue weighted by atomic mass is 9.98. The van der Waals surface area contributed by atoms with E-state index in [-0.39, 0.29) is 0 Å². The summed E-state index contributed by atoms with van der Waals surface area (Å²) in [7, 11) is 3.38. The first-order valence-electron chi connectivity index (χ1n) is 8.19. The monoisotopic (exact) mass is 329 g/mol. The van der Waals surface area contributed by atoms with Crippen LogP contribution in [0.3, 0.4) is 0 Å². The molecule has 124 valence electrons. The predicted molar refractivity (Wildman–Crippen MR) is 102 cm³/mol. The zero-order valence-electron chi connectivity index (χ0n) is 14.2. The van der Waals surface area contributed by atoms with Crippen molar-refractivity contribution >= 4 is 10.9 Å². The largest absolute Gasteiger partial charge is 0.497 e. The molecule has 4 rings (SSSR count). The van der Waals surface area contributed by atoms with Crippen LogP contribution in [0.5, 0.6) is 11.5 Å². The minimum atomic E-state index is 0.850. The van der Waals surface area contributed by atoms with Gasteiger partial charge in [-0.25, -0.2) is 0 Å². The van der Waals surface area contributed by atoms with E-state index in [0.29, 0.717) is 0 Å². The van der Waals surface area contributed by atoms with Crippen molar-refractivity contribution < 1.29 is 9.47 Å². The number of hydrogen-bond acceptors (Lipinski definition) is 2. The first kappa shape index (κ1) is 15.3. The molecule has 0 saturated carbocycles. The standard InChI is InChI=1S/C22H19NO2/c1-24-17-10-8-16(9-11-17)22-21(15-6-4-3-5-7-15)19-14-18(25-2)12-13-20(19)23-22/h3-14,23H,1-2H3. The number of fused-ring (bicyclic) bond motifs is 1. The Labute approximate surface area is 146 Å². The molecule has 0 aliphatic heterocycles. The Morgan fingerprint density at radius 2 is 1.36 bits per heavy atom. The molecule has 0 spiro atoms. The molecule has 0 unspecified atom stereocenters. The summed E-state index contributed by atoms with van der Waals surface area (Å²) in [5.41, 5.74) is 5.66. The van der Waals surface area contributed by atoms with Crippen molar-refractivity contribution in [2.24, 2.45) is 0 Å². The Morgan fingerprint density at radius 1 is 0.680 bits per heavy atom. The average Bonchev–Trinajstić information content (AvgIpc) is 3.07. The molecule has 0 amide bonds. The van der Waals surface area contributed by atoms with E-state index in [1.54, 1.807) is 14.2 Å². The van der Waals surface area contributed by atoms with Gasteiger partial charge in [0.15, 0.2) is 0 Å². The normalized spacial score (nSPS) is 10.8. The van der Waals surface area contributed by atoms with Crippen LogP contribution < -0.4 is 9.47 Å². The molecule has 4 aromatic rings. The fourth-order valence-corrected chi connectivity index (χ4v) is 3.18. The van der Waals surface area contributed by atoms with Gasteiger partial charge in [-0.15, -0.1) is 0 Å². The molecule has 3 nitrogen and oxygen atoms in total. The molecule has 0 radical (unpaired) electrons. The maximum Gasteiger partial charge on any atom is 0.119 e. The van der Waals surface area contributed by atoms with E-state index in [1.807, 2.05) is 24.3 Å². The summed E-state index contributed by atoms with van der Waals surface area (Å²) in [6.07, 6.45) is 0. The van der Waals surface area contributed by atoms with Gasteiger partial charge in [0.25, 0.3) is 0 Å². The Balaban J connectivity index is 1.99. The Bertz CT molecular complexity index is 1000. The first-order valence-corrected chi connectivity index (χ1v) is 8.19. The van der Waals surface area contributed by atoms with Crippen molar-refractivity contribution in [3.05, 3.63) is 72.8 Å².